The van der Waals surface area contributed by atoms with Gasteiger partial charge in [-0.15, -0.1) is 11.3 Å². The lowest BCUT2D eigenvalue weighted by Crippen LogP contribution is -2.03. The van der Waals surface area contributed by atoms with E-state index in [-0.39, 0.29) is 4.90 Å². The number of aryl methyl sites for hydroxylation is 1. The highest BCUT2D eigenvalue weighted by Gasteiger charge is 2.16. The fourth-order valence-electron chi connectivity index (χ4n) is 1.77. The molecule has 1 atom stereocenters. The molecule has 96 valence electrons. The number of aliphatic hydroxyl groups is 1. The molecular weight excluding hydrogens is 268 g/mol. The Morgan fingerprint density at radius 2 is 2.00 bits per heavy atom. The first-order valence-corrected chi connectivity index (χ1v) is 8.19. The molecule has 5 heteroatoms. The molecule has 0 bridgehead atoms. The van der Waals surface area contributed by atoms with Crippen LogP contribution in [0.4, 0.5) is 0 Å². The van der Waals surface area contributed by atoms with E-state index in [1.807, 2.05) is 18.4 Å². The molecular formula is C13H14O3S2. The monoisotopic (exact) mass is 282 g/mol. The van der Waals surface area contributed by atoms with E-state index in [9.17, 15) is 13.5 Å². The topological polar surface area (TPSA) is 54.4 Å². The average molecular weight is 282 g/mol. The van der Waals surface area contributed by atoms with Crippen LogP contribution in [-0.4, -0.2) is 19.8 Å². The Kier molecular flexibility index (Phi) is 3.56. The molecule has 0 aliphatic carbocycles. The summed E-state index contributed by atoms with van der Waals surface area (Å²) in [5.74, 6) is 0. The molecule has 18 heavy (non-hydrogen) atoms. The summed E-state index contributed by atoms with van der Waals surface area (Å²) in [6.07, 6.45) is 0.381. The fourth-order valence-corrected chi connectivity index (χ4v) is 3.18. The highest BCUT2D eigenvalue weighted by Crippen LogP contribution is 2.28. The summed E-state index contributed by atoms with van der Waals surface area (Å²) in [4.78, 5) is 1.26. The largest absolute Gasteiger partial charge is 0.384 e. The Morgan fingerprint density at radius 3 is 2.56 bits per heavy atom. The second-order valence-corrected chi connectivity index (χ2v) is 7.32. The minimum absolute atomic E-state index is 0.229. The molecule has 0 radical (unpaired) electrons. The van der Waals surface area contributed by atoms with Crippen LogP contribution < -0.4 is 0 Å². The van der Waals surface area contributed by atoms with Gasteiger partial charge >= 0.3 is 0 Å². The van der Waals surface area contributed by atoms with E-state index in [0.29, 0.717) is 5.56 Å². The van der Waals surface area contributed by atoms with Crippen LogP contribution in [0.15, 0.2) is 40.6 Å². The molecule has 0 spiro atoms. The molecule has 1 aromatic heterocycles. The summed E-state index contributed by atoms with van der Waals surface area (Å²) in [5.41, 5.74) is 1.42. The Labute approximate surface area is 111 Å². The van der Waals surface area contributed by atoms with Crippen LogP contribution in [0, 0.1) is 6.92 Å². The Balaban J connectivity index is 2.44. The lowest BCUT2D eigenvalue weighted by molar-refractivity contribution is 0.220. The Morgan fingerprint density at radius 1 is 1.28 bits per heavy atom. The van der Waals surface area contributed by atoms with Gasteiger partial charge in [-0.25, -0.2) is 8.42 Å². The summed E-state index contributed by atoms with van der Waals surface area (Å²) >= 11 is 1.56. The van der Waals surface area contributed by atoms with E-state index in [0.717, 1.165) is 16.7 Å². The molecule has 1 unspecified atom stereocenters. The van der Waals surface area contributed by atoms with Gasteiger partial charge in [0.05, 0.1) is 4.90 Å². The van der Waals surface area contributed by atoms with E-state index in [4.69, 9.17) is 0 Å². The predicted molar refractivity (Wildman–Crippen MR) is 72.7 cm³/mol. The van der Waals surface area contributed by atoms with Crippen LogP contribution in [-0.2, 0) is 9.84 Å². The van der Waals surface area contributed by atoms with Crippen molar-refractivity contribution in [3.8, 4) is 0 Å². The zero-order valence-corrected chi connectivity index (χ0v) is 11.8. The SMILES string of the molecule is Cc1sccc1C(O)c1cccc(S(C)(=O)=O)c1. The van der Waals surface area contributed by atoms with Crippen molar-refractivity contribution in [3.63, 3.8) is 0 Å². The molecule has 2 rings (SSSR count). The van der Waals surface area contributed by atoms with Crippen molar-refractivity contribution in [3.05, 3.63) is 51.7 Å². The van der Waals surface area contributed by atoms with Crippen molar-refractivity contribution < 1.29 is 13.5 Å². The standard InChI is InChI=1S/C13H14O3S2/c1-9-12(6-7-17-9)13(14)10-4-3-5-11(8-10)18(2,15)16/h3-8,13-14H,1-2H3. The van der Waals surface area contributed by atoms with Gasteiger partial charge in [0.1, 0.15) is 6.10 Å². The highest BCUT2D eigenvalue weighted by molar-refractivity contribution is 7.90. The third-order valence-corrected chi connectivity index (χ3v) is 4.77. The first-order chi connectivity index (χ1) is 8.39. The highest BCUT2D eigenvalue weighted by atomic mass is 32.2. The van der Waals surface area contributed by atoms with Gasteiger partial charge in [0.15, 0.2) is 9.84 Å². The molecule has 0 amide bonds. The van der Waals surface area contributed by atoms with Crippen molar-refractivity contribution in [2.75, 3.05) is 6.26 Å². The molecule has 0 aliphatic rings. The van der Waals surface area contributed by atoms with Gasteiger partial charge in [-0.05, 0) is 41.6 Å². The van der Waals surface area contributed by atoms with Crippen molar-refractivity contribution in [1.82, 2.24) is 0 Å². The zero-order chi connectivity index (χ0) is 13.3. The summed E-state index contributed by atoms with van der Waals surface area (Å²) < 4.78 is 23.0. The van der Waals surface area contributed by atoms with Gasteiger partial charge in [0.2, 0.25) is 0 Å². The van der Waals surface area contributed by atoms with E-state index >= 15 is 0 Å². The normalized spacial score (nSPS) is 13.5. The van der Waals surface area contributed by atoms with Gasteiger partial charge < -0.3 is 5.11 Å². The first-order valence-electron chi connectivity index (χ1n) is 5.41. The number of aliphatic hydroxyl groups excluding tert-OH is 1. The summed E-state index contributed by atoms with van der Waals surface area (Å²) in [7, 11) is -3.25. The van der Waals surface area contributed by atoms with E-state index in [1.165, 1.54) is 12.1 Å². The van der Waals surface area contributed by atoms with Gasteiger partial charge in [-0.3, -0.25) is 0 Å². The Hall–Kier alpha value is -1.17. The van der Waals surface area contributed by atoms with Gasteiger partial charge in [-0.2, -0.15) is 0 Å². The lowest BCUT2D eigenvalue weighted by Gasteiger charge is -2.12. The summed E-state index contributed by atoms with van der Waals surface area (Å²) in [6, 6.07) is 8.30. The second-order valence-electron chi connectivity index (χ2n) is 4.18. The molecule has 0 saturated heterocycles. The Bertz CT molecular complexity index is 656. The summed E-state index contributed by atoms with van der Waals surface area (Å²) in [6.45, 7) is 1.93. The maximum absolute atomic E-state index is 11.5. The predicted octanol–water partition coefficient (Wildman–Crippen LogP) is 2.54. The average Bonchev–Trinajstić information content (AvgIpc) is 2.73. The van der Waals surface area contributed by atoms with Crippen molar-refractivity contribution in [2.24, 2.45) is 0 Å². The van der Waals surface area contributed by atoms with Gasteiger partial charge in [-0.1, -0.05) is 12.1 Å². The van der Waals surface area contributed by atoms with Crippen LogP contribution in [0.25, 0.3) is 0 Å². The third-order valence-electron chi connectivity index (χ3n) is 2.80. The zero-order valence-electron chi connectivity index (χ0n) is 10.1. The van der Waals surface area contributed by atoms with Crippen molar-refractivity contribution in [1.29, 1.82) is 0 Å². The van der Waals surface area contributed by atoms with Crippen LogP contribution in [0.5, 0.6) is 0 Å². The third kappa shape index (κ3) is 2.63. The summed E-state index contributed by atoms with van der Waals surface area (Å²) in [5, 5.41) is 12.2. The lowest BCUT2D eigenvalue weighted by atomic mass is 10.0. The smallest absolute Gasteiger partial charge is 0.175 e. The molecule has 3 nitrogen and oxygen atoms in total. The van der Waals surface area contributed by atoms with Crippen LogP contribution in [0.1, 0.15) is 22.1 Å². The van der Waals surface area contributed by atoms with Crippen LogP contribution >= 0.6 is 11.3 Å². The molecule has 1 N–H and O–H groups in total. The van der Waals surface area contributed by atoms with E-state index < -0.39 is 15.9 Å². The molecule has 0 saturated carbocycles. The number of hydrogen-bond acceptors (Lipinski definition) is 4. The molecule has 1 heterocycles. The minimum atomic E-state index is -3.25. The fraction of sp³-hybridized carbons (Fsp3) is 0.231. The molecule has 1 aromatic carbocycles. The van der Waals surface area contributed by atoms with Gasteiger partial charge in [0.25, 0.3) is 0 Å². The molecule has 0 aliphatic heterocycles. The van der Waals surface area contributed by atoms with Crippen LogP contribution in [0.3, 0.4) is 0 Å². The molecule has 0 fully saturated rings. The maximum atomic E-state index is 11.5. The molecule has 2 aromatic rings. The number of thiophene rings is 1. The van der Waals surface area contributed by atoms with E-state index in [1.54, 1.807) is 23.5 Å². The van der Waals surface area contributed by atoms with Gasteiger partial charge in [0, 0.05) is 11.1 Å². The van der Waals surface area contributed by atoms with Crippen molar-refractivity contribution >= 4 is 21.2 Å². The number of hydrogen-bond donors (Lipinski definition) is 1. The number of rotatable bonds is 3. The van der Waals surface area contributed by atoms with Crippen molar-refractivity contribution in [2.45, 2.75) is 17.9 Å². The van der Waals surface area contributed by atoms with E-state index in [2.05, 4.69) is 0 Å². The number of benzene rings is 1. The minimum Gasteiger partial charge on any atom is -0.384 e. The second kappa shape index (κ2) is 4.84. The first kappa shape index (κ1) is 13.3. The maximum Gasteiger partial charge on any atom is 0.175 e. The van der Waals surface area contributed by atoms with Crippen LogP contribution in [0.2, 0.25) is 0 Å². The quantitative estimate of drug-likeness (QED) is 0.941. The number of sulfone groups is 1.